The molecule has 0 unspecified atom stereocenters. The van der Waals surface area contributed by atoms with E-state index in [2.05, 4.69) is 50.8 Å². The number of carbonyl (C=O) groups is 1. The highest BCUT2D eigenvalue weighted by Gasteiger charge is 2.21. The summed E-state index contributed by atoms with van der Waals surface area (Å²) in [6.07, 6.45) is 0. The highest BCUT2D eigenvalue weighted by molar-refractivity contribution is 5.78. The molecule has 34 heavy (non-hydrogen) atoms. The Hall–Kier alpha value is -2.97. The highest BCUT2D eigenvalue weighted by Crippen LogP contribution is 2.27. The zero-order valence-electron chi connectivity index (χ0n) is 20.8. The number of carbonyl (C=O) groups excluding carboxylic acids is 1. The summed E-state index contributed by atoms with van der Waals surface area (Å²) in [5.74, 6) is -0.204. The van der Waals surface area contributed by atoms with E-state index in [4.69, 9.17) is 10.1 Å². The lowest BCUT2D eigenvalue weighted by Gasteiger charge is -2.34. The minimum absolute atomic E-state index is 0.0153. The summed E-state index contributed by atoms with van der Waals surface area (Å²) < 4.78 is 3.45. The molecule has 1 saturated heterocycles. The SMILES string of the molecule is Cc1ccc(CN2CCN(C(=O)CO)CC2)cc1-c1ccc2c(n1)n(C)c(=O)n2CC(C)(C)C. The van der Waals surface area contributed by atoms with Gasteiger partial charge in [-0.2, -0.15) is 0 Å². The van der Waals surface area contributed by atoms with Crippen LogP contribution in [0.3, 0.4) is 0 Å². The summed E-state index contributed by atoms with van der Waals surface area (Å²) in [5.41, 5.74) is 5.73. The number of piperazine rings is 1. The Bertz CT molecular complexity index is 1260. The average Bonchev–Trinajstić information content (AvgIpc) is 3.03. The number of nitrogens with zero attached hydrogens (tertiary/aromatic N) is 5. The predicted octanol–water partition coefficient (Wildman–Crippen LogP) is 2.39. The minimum atomic E-state index is -0.427. The highest BCUT2D eigenvalue weighted by atomic mass is 16.3. The van der Waals surface area contributed by atoms with Crippen LogP contribution in [0.1, 0.15) is 31.9 Å². The lowest BCUT2D eigenvalue weighted by molar-refractivity contribution is -0.135. The molecule has 0 spiro atoms. The number of amides is 1. The van der Waals surface area contributed by atoms with Crippen molar-refractivity contribution in [1.82, 2.24) is 23.9 Å². The number of aliphatic hydroxyl groups is 1. The molecule has 1 aliphatic heterocycles. The van der Waals surface area contributed by atoms with Crippen molar-refractivity contribution in [2.45, 2.75) is 40.8 Å². The molecule has 8 heteroatoms. The van der Waals surface area contributed by atoms with E-state index in [9.17, 15) is 9.59 Å². The molecular weight excluding hydrogens is 430 g/mol. The number of fused-ring (bicyclic) bond motifs is 1. The molecule has 1 aliphatic rings. The quantitative estimate of drug-likeness (QED) is 0.626. The van der Waals surface area contributed by atoms with Crippen molar-refractivity contribution in [3.05, 3.63) is 51.9 Å². The van der Waals surface area contributed by atoms with E-state index in [1.165, 1.54) is 5.56 Å². The maximum absolute atomic E-state index is 12.9. The molecule has 1 aromatic carbocycles. The summed E-state index contributed by atoms with van der Waals surface area (Å²) in [5, 5.41) is 9.07. The lowest BCUT2D eigenvalue weighted by Crippen LogP contribution is -2.49. The molecule has 3 heterocycles. The standard InChI is InChI=1S/C26H35N5O3/c1-18-6-7-19(15-29-10-12-30(13-11-29)23(33)16-32)14-20(18)21-8-9-22-24(27-21)28(5)25(34)31(22)17-26(2,3)4/h6-9,14,32H,10-13,15-17H2,1-5H3. The van der Waals surface area contributed by atoms with E-state index in [1.54, 1.807) is 16.5 Å². The number of imidazole rings is 1. The van der Waals surface area contributed by atoms with Gasteiger partial charge in [0.25, 0.3) is 0 Å². The van der Waals surface area contributed by atoms with Crippen molar-refractivity contribution in [2.75, 3.05) is 32.8 Å². The molecule has 0 radical (unpaired) electrons. The van der Waals surface area contributed by atoms with E-state index in [-0.39, 0.29) is 17.0 Å². The van der Waals surface area contributed by atoms with Gasteiger partial charge in [-0.25, -0.2) is 9.78 Å². The number of hydrogen-bond acceptors (Lipinski definition) is 5. The second-order valence-electron chi connectivity index (χ2n) is 10.5. The number of hydrogen-bond donors (Lipinski definition) is 1. The third kappa shape index (κ3) is 4.93. The molecule has 0 saturated carbocycles. The van der Waals surface area contributed by atoms with Crippen molar-refractivity contribution in [2.24, 2.45) is 12.5 Å². The van der Waals surface area contributed by atoms with Crippen LogP contribution in [-0.2, 0) is 24.9 Å². The fourth-order valence-corrected chi connectivity index (χ4v) is 4.61. The monoisotopic (exact) mass is 465 g/mol. The van der Waals surface area contributed by atoms with Crippen molar-refractivity contribution in [3.8, 4) is 11.3 Å². The van der Waals surface area contributed by atoms with E-state index in [0.717, 1.165) is 42.0 Å². The third-order valence-corrected chi connectivity index (χ3v) is 6.46. The number of aromatic nitrogens is 3. The van der Waals surface area contributed by atoms with Crippen molar-refractivity contribution < 1.29 is 9.90 Å². The summed E-state index contributed by atoms with van der Waals surface area (Å²) in [6.45, 7) is 12.3. The van der Waals surface area contributed by atoms with Crippen LogP contribution >= 0.6 is 0 Å². The molecule has 4 rings (SSSR count). The smallest absolute Gasteiger partial charge is 0.330 e. The second-order valence-corrected chi connectivity index (χ2v) is 10.5. The van der Waals surface area contributed by atoms with Gasteiger partial charge in [0, 0.05) is 51.9 Å². The van der Waals surface area contributed by atoms with Gasteiger partial charge in [-0.3, -0.25) is 18.8 Å². The topological polar surface area (TPSA) is 83.6 Å². The van der Waals surface area contributed by atoms with Gasteiger partial charge in [0.2, 0.25) is 5.91 Å². The number of pyridine rings is 1. The van der Waals surface area contributed by atoms with Crippen LogP contribution in [0.4, 0.5) is 0 Å². The number of aryl methyl sites for hydroxylation is 2. The molecule has 182 valence electrons. The first-order valence-corrected chi connectivity index (χ1v) is 11.8. The van der Waals surface area contributed by atoms with Crippen LogP contribution in [0.15, 0.2) is 35.1 Å². The minimum Gasteiger partial charge on any atom is -0.387 e. The van der Waals surface area contributed by atoms with Crippen LogP contribution in [0.2, 0.25) is 0 Å². The van der Waals surface area contributed by atoms with Gasteiger partial charge < -0.3 is 10.0 Å². The number of aliphatic hydroxyl groups excluding tert-OH is 1. The largest absolute Gasteiger partial charge is 0.387 e. The Morgan fingerprint density at radius 2 is 1.79 bits per heavy atom. The molecule has 8 nitrogen and oxygen atoms in total. The van der Waals surface area contributed by atoms with Gasteiger partial charge in [0.1, 0.15) is 6.61 Å². The fourth-order valence-electron chi connectivity index (χ4n) is 4.61. The van der Waals surface area contributed by atoms with Crippen LogP contribution in [-0.4, -0.2) is 67.7 Å². The van der Waals surface area contributed by atoms with Gasteiger partial charge in [0.15, 0.2) is 5.65 Å². The van der Waals surface area contributed by atoms with Crippen LogP contribution in [0.25, 0.3) is 22.4 Å². The fraction of sp³-hybridized carbons (Fsp3) is 0.500. The molecule has 0 atom stereocenters. The maximum atomic E-state index is 12.9. The number of benzene rings is 1. The summed E-state index contributed by atoms with van der Waals surface area (Å²) in [7, 11) is 1.78. The van der Waals surface area contributed by atoms with E-state index >= 15 is 0 Å². The Labute approximate surface area is 200 Å². The normalized spacial score (nSPS) is 15.3. The second kappa shape index (κ2) is 9.35. The Morgan fingerprint density at radius 3 is 2.44 bits per heavy atom. The molecule has 3 aromatic rings. The first-order valence-electron chi connectivity index (χ1n) is 11.8. The Balaban J connectivity index is 1.59. The van der Waals surface area contributed by atoms with Gasteiger partial charge in [-0.1, -0.05) is 32.9 Å². The molecule has 2 aromatic heterocycles. The molecule has 1 fully saturated rings. The first-order chi connectivity index (χ1) is 16.1. The predicted molar refractivity (Wildman–Crippen MR) is 134 cm³/mol. The van der Waals surface area contributed by atoms with E-state index < -0.39 is 6.61 Å². The lowest BCUT2D eigenvalue weighted by atomic mass is 9.97. The van der Waals surface area contributed by atoms with Gasteiger partial charge in [-0.05, 0) is 41.7 Å². The average molecular weight is 466 g/mol. The van der Waals surface area contributed by atoms with Gasteiger partial charge in [-0.15, -0.1) is 0 Å². The van der Waals surface area contributed by atoms with Gasteiger partial charge in [0.05, 0.1) is 11.2 Å². The van der Waals surface area contributed by atoms with Crippen molar-refractivity contribution in [1.29, 1.82) is 0 Å². The molecule has 1 amide bonds. The van der Waals surface area contributed by atoms with Crippen LogP contribution in [0.5, 0.6) is 0 Å². The molecule has 0 aliphatic carbocycles. The van der Waals surface area contributed by atoms with E-state index in [1.807, 2.05) is 16.7 Å². The Morgan fingerprint density at radius 1 is 1.09 bits per heavy atom. The summed E-state index contributed by atoms with van der Waals surface area (Å²) in [6, 6.07) is 10.4. The summed E-state index contributed by atoms with van der Waals surface area (Å²) in [4.78, 5) is 33.5. The maximum Gasteiger partial charge on any atom is 0.330 e. The van der Waals surface area contributed by atoms with Crippen LogP contribution < -0.4 is 5.69 Å². The zero-order valence-corrected chi connectivity index (χ0v) is 20.8. The third-order valence-electron chi connectivity index (χ3n) is 6.46. The zero-order chi connectivity index (χ0) is 24.6. The summed E-state index contributed by atoms with van der Waals surface area (Å²) >= 11 is 0. The molecule has 1 N–H and O–H groups in total. The van der Waals surface area contributed by atoms with E-state index in [0.29, 0.717) is 25.3 Å². The Kier molecular flexibility index (Phi) is 6.64. The molecule has 0 bridgehead atoms. The first kappa shape index (κ1) is 24.2. The van der Waals surface area contributed by atoms with Crippen molar-refractivity contribution in [3.63, 3.8) is 0 Å². The van der Waals surface area contributed by atoms with Crippen LogP contribution in [0, 0.1) is 12.3 Å². The van der Waals surface area contributed by atoms with Crippen molar-refractivity contribution >= 4 is 17.1 Å². The molecular formula is C26H35N5O3. The number of rotatable bonds is 5. The van der Waals surface area contributed by atoms with Gasteiger partial charge >= 0.3 is 5.69 Å².